The molecule has 0 aliphatic carbocycles. The fourth-order valence-corrected chi connectivity index (χ4v) is 1.32. The van der Waals surface area contributed by atoms with E-state index >= 15 is 0 Å². The van der Waals surface area contributed by atoms with Gasteiger partial charge in [-0.25, -0.2) is 0 Å². The Morgan fingerprint density at radius 2 is 1.71 bits per heavy atom. The molecule has 0 radical (unpaired) electrons. The van der Waals surface area contributed by atoms with E-state index in [-0.39, 0.29) is 5.56 Å². The van der Waals surface area contributed by atoms with Crippen LogP contribution in [-0.2, 0) is 14.3 Å². The summed E-state index contributed by atoms with van der Waals surface area (Å²) in [6, 6.07) is 6.31. The van der Waals surface area contributed by atoms with Crippen LogP contribution in [0.5, 0.6) is 0 Å². The molecule has 0 spiro atoms. The number of esters is 1. The van der Waals surface area contributed by atoms with Crippen LogP contribution in [0.3, 0.4) is 0 Å². The first kappa shape index (κ1) is 12.9. The number of aryl methyl sites for hydroxylation is 1. The van der Waals surface area contributed by atoms with E-state index in [1.54, 1.807) is 12.1 Å². The number of aliphatic carboxylic acids is 1. The number of methoxy groups -OCH3 is 1. The Hall–Kier alpha value is -2.17. The minimum Gasteiger partial charge on any atom is -0.480 e. The van der Waals surface area contributed by atoms with E-state index in [4.69, 9.17) is 5.11 Å². The van der Waals surface area contributed by atoms with Crippen LogP contribution in [0, 0.1) is 12.8 Å². The zero-order chi connectivity index (χ0) is 13.0. The monoisotopic (exact) mass is 236 g/mol. The van der Waals surface area contributed by atoms with E-state index in [0.29, 0.717) is 0 Å². The summed E-state index contributed by atoms with van der Waals surface area (Å²) >= 11 is 0. The van der Waals surface area contributed by atoms with Crippen molar-refractivity contribution in [2.45, 2.75) is 6.92 Å². The molecule has 1 aromatic rings. The van der Waals surface area contributed by atoms with E-state index in [1.807, 2.05) is 6.92 Å². The summed E-state index contributed by atoms with van der Waals surface area (Å²) < 4.78 is 4.30. The van der Waals surface area contributed by atoms with Crippen LogP contribution in [-0.4, -0.2) is 29.9 Å². The first-order chi connectivity index (χ1) is 7.97. The molecular formula is C12H12O5. The maximum absolute atomic E-state index is 11.8. The van der Waals surface area contributed by atoms with Crippen molar-refractivity contribution in [3.63, 3.8) is 0 Å². The first-order valence-electron chi connectivity index (χ1n) is 4.89. The van der Waals surface area contributed by atoms with Gasteiger partial charge in [-0.15, -0.1) is 0 Å². The SMILES string of the molecule is COC(=O)C(C(=O)O)C(=O)c1ccc(C)cc1. The molecule has 1 N–H and O–H groups in total. The molecule has 0 fully saturated rings. The van der Waals surface area contributed by atoms with Gasteiger partial charge < -0.3 is 9.84 Å². The largest absolute Gasteiger partial charge is 0.480 e. The van der Waals surface area contributed by atoms with Crippen molar-refractivity contribution in [2.24, 2.45) is 5.92 Å². The number of carbonyl (C=O) groups excluding carboxylic acids is 2. The summed E-state index contributed by atoms with van der Waals surface area (Å²) in [5.74, 6) is -5.16. The smallest absolute Gasteiger partial charge is 0.328 e. The molecule has 0 aliphatic heterocycles. The highest BCUT2D eigenvalue weighted by molar-refractivity contribution is 6.20. The molecule has 0 saturated carbocycles. The third kappa shape index (κ3) is 2.90. The van der Waals surface area contributed by atoms with Gasteiger partial charge in [-0.05, 0) is 6.92 Å². The average Bonchev–Trinajstić information content (AvgIpc) is 2.29. The van der Waals surface area contributed by atoms with Gasteiger partial charge in [-0.1, -0.05) is 29.8 Å². The summed E-state index contributed by atoms with van der Waals surface area (Å²) in [6.45, 7) is 1.84. The topological polar surface area (TPSA) is 80.7 Å². The van der Waals surface area contributed by atoms with Crippen LogP contribution in [0.25, 0.3) is 0 Å². The fourth-order valence-electron chi connectivity index (χ4n) is 1.32. The summed E-state index contributed by atoms with van der Waals surface area (Å²) in [4.78, 5) is 33.9. The maximum atomic E-state index is 11.8. The van der Waals surface area contributed by atoms with Crippen LogP contribution in [0.15, 0.2) is 24.3 Å². The lowest BCUT2D eigenvalue weighted by Crippen LogP contribution is -2.32. The predicted molar refractivity (Wildman–Crippen MR) is 58.7 cm³/mol. The van der Waals surface area contributed by atoms with E-state index in [1.165, 1.54) is 12.1 Å². The highest BCUT2D eigenvalue weighted by Gasteiger charge is 2.35. The molecule has 0 bridgehead atoms. The van der Waals surface area contributed by atoms with Crippen molar-refractivity contribution in [2.75, 3.05) is 7.11 Å². The number of ketones is 1. The number of ether oxygens (including phenoxy) is 1. The number of hydrogen-bond acceptors (Lipinski definition) is 4. The van der Waals surface area contributed by atoms with Crippen molar-refractivity contribution in [3.05, 3.63) is 35.4 Å². The molecule has 1 atom stereocenters. The van der Waals surface area contributed by atoms with Crippen LogP contribution >= 0.6 is 0 Å². The molecule has 1 unspecified atom stereocenters. The van der Waals surface area contributed by atoms with Crippen molar-refractivity contribution < 1.29 is 24.2 Å². The van der Waals surface area contributed by atoms with Gasteiger partial charge in [0, 0.05) is 5.56 Å². The lowest BCUT2D eigenvalue weighted by Gasteiger charge is -2.09. The minimum absolute atomic E-state index is 0.174. The zero-order valence-electron chi connectivity index (χ0n) is 9.47. The number of carbonyl (C=O) groups is 3. The number of carboxylic acids is 1. The Labute approximate surface area is 98.0 Å². The third-order valence-corrected chi connectivity index (χ3v) is 2.28. The van der Waals surface area contributed by atoms with Crippen molar-refractivity contribution in [1.29, 1.82) is 0 Å². The summed E-state index contributed by atoms with van der Waals surface area (Å²) in [7, 11) is 1.04. The molecule has 0 aromatic heterocycles. The molecule has 17 heavy (non-hydrogen) atoms. The number of Topliss-reactive ketones (excluding diaryl/α,β-unsaturated/α-hetero) is 1. The Kier molecular flexibility index (Phi) is 3.98. The van der Waals surface area contributed by atoms with Gasteiger partial charge in [0.2, 0.25) is 5.92 Å². The van der Waals surface area contributed by atoms with Gasteiger partial charge in [0.1, 0.15) is 0 Å². The maximum Gasteiger partial charge on any atom is 0.328 e. The van der Waals surface area contributed by atoms with Crippen LogP contribution in [0.4, 0.5) is 0 Å². The average molecular weight is 236 g/mol. The number of rotatable bonds is 4. The molecule has 90 valence electrons. The minimum atomic E-state index is -1.80. The second-order valence-corrected chi connectivity index (χ2v) is 3.52. The molecule has 5 heteroatoms. The van der Waals surface area contributed by atoms with E-state index < -0.39 is 23.6 Å². The summed E-state index contributed by atoms with van der Waals surface area (Å²) in [5, 5.41) is 8.84. The highest BCUT2D eigenvalue weighted by Crippen LogP contribution is 2.12. The fraction of sp³-hybridized carbons (Fsp3) is 0.250. The summed E-state index contributed by atoms with van der Waals surface area (Å²) in [5.41, 5.74) is 1.11. The van der Waals surface area contributed by atoms with Crippen LogP contribution < -0.4 is 0 Å². The van der Waals surface area contributed by atoms with Crippen molar-refractivity contribution in [1.82, 2.24) is 0 Å². The number of hydrogen-bond donors (Lipinski definition) is 1. The lowest BCUT2D eigenvalue weighted by atomic mass is 9.97. The van der Waals surface area contributed by atoms with Gasteiger partial charge in [-0.3, -0.25) is 14.4 Å². The van der Waals surface area contributed by atoms with E-state index in [0.717, 1.165) is 12.7 Å². The van der Waals surface area contributed by atoms with E-state index in [2.05, 4.69) is 4.74 Å². The zero-order valence-corrected chi connectivity index (χ0v) is 9.47. The number of carboxylic acid groups (broad SMARTS) is 1. The Bertz CT molecular complexity index is 446. The predicted octanol–water partition coefficient (Wildman–Crippen LogP) is 1.05. The normalized spacial score (nSPS) is 11.6. The van der Waals surface area contributed by atoms with Crippen LogP contribution in [0.2, 0.25) is 0 Å². The molecule has 0 heterocycles. The van der Waals surface area contributed by atoms with Crippen LogP contribution in [0.1, 0.15) is 15.9 Å². The molecule has 0 aliphatic rings. The van der Waals surface area contributed by atoms with E-state index in [9.17, 15) is 14.4 Å². The molecule has 1 aromatic carbocycles. The summed E-state index contributed by atoms with van der Waals surface area (Å²) in [6.07, 6.45) is 0. The van der Waals surface area contributed by atoms with Crippen molar-refractivity contribution in [3.8, 4) is 0 Å². The van der Waals surface area contributed by atoms with Crippen molar-refractivity contribution >= 4 is 17.7 Å². The van der Waals surface area contributed by atoms with Gasteiger partial charge in [0.05, 0.1) is 7.11 Å². The Morgan fingerprint density at radius 1 is 1.18 bits per heavy atom. The third-order valence-electron chi connectivity index (χ3n) is 2.28. The molecule has 5 nitrogen and oxygen atoms in total. The quantitative estimate of drug-likeness (QED) is 0.480. The standard InChI is InChI=1S/C12H12O5/c1-7-3-5-8(6-4-7)10(13)9(11(14)15)12(16)17-2/h3-6,9H,1-2H3,(H,14,15). The molecule has 0 saturated heterocycles. The molecular weight excluding hydrogens is 224 g/mol. The number of benzene rings is 1. The first-order valence-corrected chi connectivity index (χ1v) is 4.89. The van der Waals surface area contributed by atoms with Gasteiger partial charge in [0.15, 0.2) is 5.78 Å². The van der Waals surface area contributed by atoms with Gasteiger partial charge in [0.25, 0.3) is 0 Å². The highest BCUT2D eigenvalue weighted by atomic mass is 16.5. The van der Waals surface area contributed by atoms with Gasteiger partial charge >= 0.3 is 11.9 Å². The Balaban J connectivity index is 3.04. The lowest BCUT2D eigenvalue weighted by molar-refractivity contribution is -0.153. The second kappa shape index (κ2) is 5.25. The molecule has 1 rings (SSSR count). The Morgan fingerprint density at radius 3 is 2.12 bits per heavy atom. The second-order valence-electron chi connectivity index (χ2n) is 3.52. The van der Waals surface area contributed by atoms with Gasteiger partial charge in [-0.2, -0.15) is 0 Å². The molecule has 0 amide bonds.